The minimum Gasteiger partial charge on any atom is -0.252 e. The van der Waals surface area contributed by atoms with E-state index in [2.05, 4.69) is 10.1 Å². The van der Waals surface area contributed by atoms with Crippen LogP contribution in [-0.4, -0.2) is 33.0 Å². The number of hydrogen-bond donors (Lipinski definition) is 0. The molecule has 1 rings (SSSR count). The van der Waals surface area contributed by atoms with E-state index in [9.17, 15) is 13.2 Å². The van der Waals surface area contributed by atoms with Crippen LogP contribution in [0, 0.1) is 0 Å². The number of nitrogens with zero attached hydrogens (tertiary/aromatic N) is 4. The molecule has 0 N–H and O–H groups in total. The molecule has 1 aromatic rings. The molecular weight excluding hydrogens is 185 g/mol. The summed E-state index contributed by atoms with van der Waals surface area (Å²) < 4.78 is 37.4. The first kappa shape index (κ1) is 9.97. The molecule has 0 unspecified atom stereocenters. The van der Waals surface area contributed by atoms with E-state index >= 15 is 0 Å². The molecule has 0 fully saturated rings. The first-order valence-electron chi connectivity index (χ1n) is 3.52. The van der Waals surface area contributed by atoms with E-state index in [1.165, 1.54) is 11.0 Å². The number of halogens is 3. The number of rotatable bonds is 2. The summed E-state index contributed by atoms with van der Waals surface area (Å²) in [6, 6.07) is 0. The summed E-state index contributed by atoms with van der Waals surface area (Å²) >= 11 is 0. The minimum absolute atomic E-state index is 0.247. The average Bonchev–Trinajstić information content (AvgIpc) is 2.34. The fraction of sp³-hybridized carbons (Fsp3) is 0.667. The van der Waals surface area contributed by atoms with Crippen LogP contribution in [0.25, 0.3) is 0 Å². The molecule has 0 amide bonds. The molecule has 1 aromatic heterocycles. The van der Waals surface area contributed by atoms with Crippen LogP contribution in [0.3, 0.4) is 0 Å². The van der Waals surface area contributed by atoms with Crippen molar-refractivity contribution in [3.05, 3.63) is 12.2 Å². The maximum Gasteiger partial charge on any atom is 0.460 e. The maximum atomic E-state index is 12.0. The Morgan fingerprint density at radius 3 is 2.54 bits per heavy atom. The number of aromatic nitrogens is 3. The normalized spacial score (nSPS) is 12.5. The van der Waals surface area contributed by atoms with Gasteiger partial charge in [0.05, 0.1) is 6.54 Å². The van der Waals surface area contributed by atoms with Gasteiger partial charge in [-0.25, -0.2) is 9.88 Å². The summed E-state index contributed by atoms with van der Waals surface area (Å²) in [5.74, 6) is 0.278. The molecule has 13 heavy (non-hydrogen) atoms. The van der Waals surface area contributed by atoms with Gasteiger partial charge in [-0.15, -0.1) is 0 Å². The first-order valence-corrected chi connectivity index (χ1v) is 3.52. The maximum absolute atomic E-state index is 12.0. The third-order valence-corrected chi connectivity index (χ3v) is 1.62. The van der Waals surface area contributed by atoms with Crippen LogP contribution < -0.4 is 0 Å². The van der Waals surface area contributed by atoms with Crippen molar-refractivity contribution in [1.29, 1.82) is 0 Å². The second kappa shape index (κ2) is 3.33. The zero-order chi connectivity index (χ0) is 10.1. The standard InChI is InChI=1S/C6H9F3N4/c1-12(6(7,8)9)3-5-10-4-11-13(5)2/h4H,3H2,1-2H3. The highest BCUT2D eigenvalue weighted by molar-refractivity contribution is 4.82. The predicted molar refractivity (Wildman–Crippen MR) is 38.5 cm³/mol. The fourth-order valence-electron chi connectivity index (χ4n) is 0.765. The lowest BCUT2D eigenvalue weighted by molar-refractivity contribution is -0.240. The van der Waals surface area contributed by atoms with Gasteiger partial charge >= 0.3 is 6.30 Å². The van der Waals surface area contributed by atoms with Crippen molar-refractivity contribution < 1.29 is 13.2 Å². The lowest BCUT2D eigenvalue weighted by Crippen LogP contribution is -2.34. The van der Waals surface area contributed by atoms with Crippen LogP contribution in [0.15, 0.2) is 6.33 Å². The second-order valence-electron chi connectivity index (χ2n) is 2.62. The SMILES string of the molecule is CN(Cc1ncnn1C)C(F)(F)F. The quantitative estimate of drug-likeness (QED) is 0.652. The monoisotopic (exact) mass is 194 g/mol. The van der Waals surface area contributed by atoms with Gasteiger partial charge in [0, 0.05) is 7.05 Å². The third kappa shape index (κ3) is 2.41. The summed E-state index contributed by atoms with van der Waals surface area (Å²) in [6.07, 6.45) is -3.11. The lowest BCUT2D eigenvalue weighted by atomic mass is 10.5. The van der Waals surface area contributed by atoms with Crippen molar-refractivity contribution >= 4 is 0 Å². The molecule has 0 radical (unpaired) electrons. The van der Waals surface area contributed by atoms with Crippen molar-refractivity contribution in [2.24, 2.45) is 7.05 Å². The Hall–Kier alpha value is -1.11. The highest BCUT2D eigenvalue weighted by Gasteiger charge is 2.34. The molecule has 0 aliphatic carbocycles. The van der Waals surface area contributed by atoms with E-state index in [1.807, 2.05) is 0 Å². The summed E-state index contributed by atoms with van der Waals surface area (Å²) in [7, 11) is 2.52. The Labute approximate surface area is 73.0 Å². The van der Waals surface area contributed by atoms with Gasteiger partial charge in [-0.1, -0.05) is 0 Å². The van der Waals surface area contributed by atoms with E-state index in [1.54, 1.807) is 7.05 Å². The van der Waals surface area contributed by atoms with Gasteiger partial charge in [-0.05, 0) is 7.05 Å². The van der Waals surface area contributed by atoms with E-state index < -0.39 is 6.30 Å². The van der Waals surface area contributed by atoms with E-state index in [-0.39, 0.29) is 17.3 Å². The zero-order valence-corrected chi connectivity index (χ0v) is 7.21. The Kier molecular flexibility index (Phi) is 2.55. The molecule has 0 aliphatic heterocycles. The van der Waals surface area contributed by atoms with Crippen molar-refractivity contribution in [2.45, 2.75) is 12.8 Å². The third-order valence-electron chi connectivity index (χ3n) is 1.62. The summed E-state index contributed by atoms with van der Waals surface area (Å²) in [5.41, 5.74) is 0. The van der Waals surface area contributed by atoms with Crippen LogP contribution in [-0.2, 0) is 13.6 Å². The molecule has 0 saturated heterocycles. The molecular formula is C6H9F3N4. The van der Waals surface area contributed by atoms with Crippen molar-refractivity contribution in [3.63, 3.8) is 0 Å². The minimum atomic E-state index is -4.33. The van der Waals surface area contributed by atoms with Gasteiger partial charge in [0.15, 0.2) is 0 Å². The summed E-state index contributed by atoms with van der Waals surface area (Å²) in [4.78, 5) is 3.93. The van der Waals surface area contributed by atoms with Gasteiger partial charge in [-0.2, -0.15) is 18.3 Å². The topological polar surface area (TPSA) is 34.0 Å². The van der Waals surface area contributed by atoms with Crippen molar-refractivity contribution in [3.8, 4) is 0 Å². The molecule has 74 valence electrons. The number of hydrogen-bond acceptors (Lipinski definition) is 3. The molecule has 7 heteroatoms. The smallest absolute Gasteiger partial charge is 0.252 e. The van der Waals surface area contributed by atoms with Crippen LogP contribution in [0.2, 0.25) is 0 Å². The molecule has 0 aromatic carbocycles. The first-order chi connectivity index (χ1) is 5.91. The molecule has 0 saturated carbocycles. The molecule has 1 heterocycles. The summed E-state index contributed by atoms with van der Waals surface area (Å²) in [5, 5.41) is 3.66. The second-order valence-corrected chi connectivity index (χ2v) is 2.62. The molecule has 4 nitrogen and oxygen atoms in total. The van der Waals surface area contributed by atoms with Crippen LogP contribution in [0.1, 0.15) is 5.82 Å². The Morgan fingerprint density at radius 2 is 2.15 bits per heavy atom. The van der Waals surface area contributed by atoms with E-state index in [0.29, 0.717) is 0 Å². The van der Waals surface area contributed by atoms with Crippen LogP contribution >= 0.6 is 0 Å². The Morgan fingerprint density at radius 1 is 1.54 bits per heavy atom. The van der Waals surface area contributed by atoms with E-state index in [4.69, 9.17) is 0 Å². The molecule has 0 atom stereocenters. The zero-order valence-electron chi connectivity index (χ0n) is 7.21. The average molecular weight is 194 g/mol. The molecule has 0 bridgehead atoms. The van der Waals surface area contributed by atoms with Gasteiger partial charge in [-0.3, -0.25) is 4.68 Å². The van der Waals surface area contributed by atoms with Crippen molar-refractivity contribution in [1.82, 2.24) is 19.7 Å². The van der Waals surface area contributed by atoms with Crippen LogP contribution in [0.5, 0.6) is 0 Å². The number of aryl methyl sites for hydroxylation is 1. The highest BCUT2D eigenvalue weighted by atomic mass is 19.4. The molecule has 0 aliphatic rings. The fourth-order valence-corrected chi connectivity index (χ4v) is 0.765. The van der Waals surface area contributed by atoms with Gasteiger partial charge in [0.2, 0.25) is 0 Å². The van der Waals surface area contributed by atoms with Gasteiger partial charge in [0.1, 0.15) is 12.2 Å². The highest BCUT2D eigenvalue weighted by Crippen LogP contribution is 2.20. The van der Waals surface area contributed by atoms with Crippen molar-refractivity contribution in [2.75, 3.05) is 7.05 Å². The van der Waals surface area contributed by atoms with Gasteiger partial charge in [0.25, 0.3) is 0 Å². The predicted octanol–water partition coefficient (Wildman–Crippen LogP) is 0.767. The number of alkyl halides is 3. The lowest BCUT2D eigenvalue weighted by Gasteiger charge is -2.18. The summed E-state index contributed by atoms with van der Waals surface area (Å²) in [6.45, 7) is -0.292. The Balaban J connectivity index is 2.65. The molecule has 0 spiro atoms. The van der Waals surface area contributed by atoms with Crippen LogP contribution in [0.4, 0.5) is 13.2 Å². The Bertz CT molecular complexity index is 280. The van der Waals surface area contributed by atoms with E-state index in [0.717, 1.165) is 7.05 Å². The largest absolute Gasteiger partial charge is 0.460 e. The van der Waals surface area contributed by atoms with Gasteiger partial charge < -0.3 is 0 Å².